The molecule has 0 aliphatic heterocycles. The Balaban J connectivity index is 2.59. The molecular formula is C15H20N2O3S. The summed E-state index contributed by atoms with van der Waals surface area (Å²) in [6, 6.07) is 5.85. The van der Waals surface area contributed by atoms with Gasteiger partial charge in [-0.1, -0.05) is 25.2 Å². The molecule has 2 aromatic rings. The lowest BCUT2D eigenvalue weighted by Gasteiger charge is -2.05. The molecule has 0 bridgehead atoms. The van der Waals surface area contributed by atoms with Gasteiger partial charge in [-0.05, 0) is 18.2 Å². The van der Waals surface area contributed by atoms with E-state index < -0.39 is 0 Å². The Hall–Kier alpha value is -1.66. The van der Waals surface area contributed by atoms with E-state index in [1.807, 2.05) is 36.6 Å². The van der Waals surface area contributed by atoms with Crippen molar-refractivity contribution in [1.29, 1.82) is 0 Å². The highest BCUT2D eigenvalue weighted by atomic mass is 32.1. The number of methoxy groups -OCH3 is 2. The molecule has 21 heavy (non-hydrogen) atoms. The summed E-state index contributed by atoms with van der Waals surface area (Å²) in [7, 11) is 3.30. The first-order chi connectivity index (χ1) is 10.1. The molecule has 0 aliphatic rings. The Kier molecular flexibility index (Phi) is 5.14. The van der Waals surface area contributed by atoms with Crippen molar-refractivity contribution in [1.82, 2.24) is 4.57 Å². The summed E-state index contributed by atoms with van der Waals surface area (Å²) in [5.74, 6) is 0.574. The third kappa shape index (κ3) is 3.51. The summed E-state index contributed by atoms with van der Waals surface area (Å²) >= 11 is 1.49. The number of hydrogen-bond donors (Lipinski definition) is 0. The molecule has 114 valence electrons. The second-order valence-corrected chi connectivity index (χ2v) is 5.98. The molecule has 1 amide bonds. The molecule has 5 nitrogen and oxygen atoms in total. The summed E-state index contributed by atoms with van der Waals surface area (Å²) in [5.41, 5.74) is 1.04. The highest BCUT2D eigenvalue weighted by molar-refractivity contribution is 7.16. The molecule has 0 atom stereocenters. The Morgan fingerprint density at radius 2 is 2.14 bits per heavy atom. The van der Waals surface area contributed by atoms with Crippen LogP contribution >= 0.6 is 11.3 Å². The lowest BCUT2D eigenvalue weighted by Crippen LogP contribution is -2.20. The van der Waals surface area contributed by atoms with E-state index in [-0.39, 0.29) is 11.8 Å². The molecule has 6 heteroatoms. The van der Waals surface area contributed by atoms with Crippen molar-refractivity contribution in [3.63, 3.8) is 0 Å². The van der Waals surface area contributed by atoms with Crippen LogP contribution in [0, 0.1) is 5.92 Å². The van der Waals surface area contributed by atoms with E-state index in [1.165, 1.54) is 11.3 Å². The van der Waals surface area contributed by atoms with E-state index in [9.17, 15) is 4.79 Å². The van der Waals surface area contributed by atoms with Crippen molar-refractivity contribution < 1.29 is 14.3 Å². The van der Waals surface area contributed by atoms with Crippen molar-refractivity contribution >= 4 is 27.5 Å². The van der Waals surface area contributed by atoms with Crippen molar-refractivity contribution in [3.05, 3.63) is 23.0 Å². The highest BCUT2D eigenvalue weighted by Crippen LogP contribution is 2.23. The van der Waals surface area contributed by atoms with Crippen molar-refractivity contribution in [2.45, 2.75) is 20.4 Å². The Morgan fingerprint density at radius 1 is 1.38 bits per heavy atom. The van der Waals surface area contributed by atoms with Crippen LogP contribution in [0.4, 0.5) is 0 Å². The third-order valence-electron chi connectivity index (χ3n) is 3.11. The topological polar surface area (TPSA) is 52.8 Å². The number of rotatable bonds is 5. The molecular weight excluding hydrogens is 288 g/mol. The van der Waals surface area contributed by atoms with Crippen LogP contribution in [0.25, 0.3) is 10.2 Å². The number of thiazole rings is 1. The monoisotopic (exact) mass is 308 g/mol. The largest absolute Gasteiger partial charge is 0.497 e. The summed E-state index contributed by atoms with van der Waals surface area (Å²) in [6.45, 7) is 4.93. The molecule has 0 saturated heterocycles. The first-order valence-corrected chi connectivity index (χ1v) is 7.63. The van der Waals surface area contributed by atoms with Crippen LogP contribution in [-0.2, 0) is 16.1 Å². The second kappa shape index (κ2) is 6.87. The molecule has 0 N–H and O–H groups in total. The van der Waals surface area contributed by atoms with Gasteiger partial charge < -0.3 is 14.0 Å². The minimum Gasteiger partial charge on any atom is -0.497 e. The van der Waals surface area contributed by atoms with Gasteiger partial charge in [-0.15, -0.1) is 0 Å². The van der Waals surface area contributed by atoms with Crippen LogP contribution in [0.15, 0.2) is 23.2 Å². The molecule has 1 heterocycles. The van der Waals surface area contributed by atoms with E-state index in [0.717, 1.165) is 16.0 Å². The fourth-order valence-corrected chi connectivity index (χ4v) is 2.98. The fourth-order valence-electron chi connectivity index (χ4n) is 1.89. The van der Waals surface area contributed by atoms with Gasteiger partial charge in [0, 0.05) is 19.6 Å². The number of aromatic nitrogens is 1. The maximum atomic E-state index is 11.9. The molecule has 0 unspecified atom stereocenters. The van der Waals surface area contributed by atoms with Crippen LogP contribution in [0.5, 0.6) is 5.75 Å². The number of ether oxygens (including phenoxy) is 2. The quantitative estimate of drug-likeness (QED) is 0.852. The van der Waals surface area contributed by atoms with E-state index in [2.05, 4.69) is 4.99 Å². The zero-order valence-corrected chi connectivity index (χ0v) is 13.6. The average Bonchev–Trinajstić information content (AvgIpc) is 2.81. The SMILES string of the molecule is COCCn1c(=NC(=O)C(C)C)sc2cc(OC)ccc21. The van der Waals surface area contributed by atoms with Gasteiger partial charge in [-0.2, -0.15) is 4.99 Å². The van der Waals surface area contributed by atoms with Gasteiger partial charge in [0.25, 0.3) is 5.91 Å². The minimum atomic E-state index is -0.111. The predicted molar refractivity (Wildman–Crippen MR) is 83.7 cm³/mol. The third-order valence-corrected chi connectivity index (χ3v) is 4.15. The maximum Gasteiger partial charge on any atom is 0.250 e. The van der Waals surface area contributed by atoms with Gasteiger partial charge in [-0.3, -0.25) is 4.79 Å². The summed E-state index contributed by atoms with van der Waals surface area (Å²) < 4.78 is 13.5. The van der Waals surface area contributed by atoms with E-state index >= 15 is 0 Å². The number of carbonyl (C=O) groups is 1. The number of nitrogens with zero attached hydrogens (tertiary/aromatic N) is 2. The smallest absolute Gasteiger partial charge is 0.250 e. The molecule has 0 radical (unpaired) electrons. The average molecular weight is 308 g/mol. The van der Waals surface area contributed by atoms with Crippen molar-refractivity contribution in [2.75, 3.05) is 20.8 Å². The van der Waals surface area contributed by atoms with Gasteiger partial charge in [0.15, 0.2) is 4.80 Å². The zero-order chi connectivity index (χ0) is 15.4. The lowest BCUT2D eigenvalue weighted by atomic mass is 10.2. The standard InChI is InChI=1S/C15H20N2O3S/c1-10(2)14(18)16-15-17(7-8-19-3)12-6-5-11(20-4)9-13(12)21-15/h5-6,9-10H,7-8H2,1-4H3. The highest BCUT2D eigenvalue weighted by Gasteiger charge is 2.10. The van der Waals surface area contributed by atoms with Crippen LogP contribution in [0.1, 0.15) is 13.8 Å². The van der Waals surface area contributed by atoms with Crippen LogP contribution < -0.4 is 9.54 Å². The first-order valence-electron chi connectivity index (χ1n) is 6.81. The number of hydrogen-bond acceptors (Lipinski definition) is 4. The van der Waals surface area contributed by atoms with Crippen molar-refractivity contribution in [3.8, 4) is 5.75 Å². The Labute approximate surface area is 127 Å². The second-order valence-electron chi connectivity index (χ2n) is 4.97. The molecule has 1 aromatic heterocycles. The Morgan fingerprint density at radius 3 is 2.76 bits per heavy atom. The summed E-state index contributed by atoms with van der Waals surface area (Å²) in [6.07, 6.45) is 0. The van der Waals surface area contributed by atoms with Gasteiger partial charge in [-0.25, -0.2) is 0 Å². The number of fused-ring (bicyclic) bond motifs is 1. The van der Waals surface area contributed by atoms with Gasteiger partial charge in [0.2, 0.25) is 0 Å². The van der Waals surface area contributed by atoms with Gasteiger partial charge in [0.1, 0.15) is 5.75 Å². The fraction of sp³-hybridized carbons (Fsp3) is 0.467. The van der Waals surface area contributed by atoms with E-state index in [1.54, 1.807) is 14.2 Å². The lowest BCUT2D eigenvalue weighted by molar-refractivity contribution is -0.120. The number of benzene rings is 1. The molecule has 0 aliphatic carbocycles. The van der Waals surface area contributed by atoms with Crippen LogP contribution in [0.2, 0.25) is 0 Å². The maximum absolute atomic E-state index is 11.9. The molecule has 0 spiro atoms. The minimum absolute atomic E-state index is 0.111. The summed E-state index contributed by atoms with van der Waals surface area (Å²) in [5, 5.41) is 0. The van der Waals surface area contributed by atoms with Crippen LogP contribution in [-0.4, -0.2) is 31.3 Å². The van der Waals surface area contributed by atoms with Crippen LogP contribution in [0.3, 0.4) is 0 Å². The van der Waals surface area contributed by atoms with E-state index in [4.69, 9.17) is 9.47 Å². The van der Waals surface area contributed by atoms with E-state index in [0.29, 0.717) is 18.0 Å². The van der Waals surface area contributed by atoms with Crippen molar-refractivity contribution in [2.24, 2.45) is 10.9 Å². The normalized spacial score (nSPS) is 12.3. The molecule has 1 aromatic carbocycles. The molecule has 2 rings (SSSR count). The zero-order valence-electron chi connectivity index (χ0n) is 12.8. The molecule has 0 saturated carbocycles. The number of amides is 1. The van der Waals surface area contributed by atoms with Gasteiger partial charge in [0.05, 0.1) is 23.9 Å². The number of carbonyl (C=O) groups excluding carboxylic acids is 1. The summed E-state index contributed by atoms with van der Waals surface area (Å²) in [4.78, 5) is 16.9. The molecule has 0 fully saturated rings. The Bertz CT molecular complexity index is 700. The van der Waals surface area contributed by atoms with Gasteiger partial charge >= 0.3 is 0 Å². The predicted octanol–water partition coefficient (Wildman–Crippen LogP) is 2.44. The first kappa shape index (κ1) is 15.7.